The first kappa shape index (κ1) is 16.7. The molecule has 4 nitrogen and oxygen atoms in total. The van der Waals surface area contributed by atoms with E-state index in [1.165, 1.54) is 0 Å². The minimum absolute atomic E-state index is 0.0886. The highest BCUT2D eigenvalue weighted by atomic mass is 16.4. The maximum Gasteiger partial charge on any atom is 0.336 e. The van der Waals surface area contributed by atoms with Crippen LogP contribution in [0, 0.1) is 11.8 Å². The van der Waals surface area contributed by atoms with Gasteiger partial charge in [0.05, 0.1) is 11.1 Å². The van der Waals surface area contributed by atoms with E-state index in [1.807, 2.05) is 36.4 Å². The van der Waals surface area contributed by atoms with Gasteiger partial charge in [-0.25, -0.2) is 4.79 Å². The smallest absolute Gasteiger partial charge is 0.336 e. The molecule has 0 spiro atoms. The van der Waals surface area contributed by atoms with Crippen LogP contribution in [0.4, 0.5) is 0 Å². The van der Waals surface area contributed by atoms with Crippen LogP contribution in [0.25, 0.3) is 22.0 Å². The van der Waals surface area contributed by atoms with Gasteiger partial charge in [0.2, 0.25) is 0 Å². The number of pyridine rings is 1. The Morgan fingerprint density at radius 2 is 1.96 bits per heavy atom. The van der Waals surface area contributed by atoms with E-state index in [0.717, 1.165) is 16.5 Å². The van der Waals surface area contributed by atoms with Gasteiger partial charge < -0.3 is 10.2 Å². The van der Waals surface area contributed by atoms with Gasteiger partial charge in [0, 0.05) is 41.3 Å². The van der Waals surface area contributed by atoms with E-state index >= 15 is 0 Å². The Morgan fingerprint density at radius 3 is 2.76 bits per heavy atom. The molecule has 0 aliphatic heterocycles. The zero-order valence-corrected chi connectivity index (χ0v) is 13.6. The van der Waals surface area contributed by atoms with Crippen LogP contribution in [-0.2, 0) is 0 Å². The molecule has 0 saturated carbocycles. The van der Waals surface area contributed by atoms with Gasteiger partial charge in [-0.1, -0.05) is 36.1 Å². The Kier molecular flexibility index (Phi) is 5.08. The summed E-state index contributed by atoms with van der Waals surface area (Å²) >= 11 is 0. The van der Waals surface area contributed by atoms with Crippen molar-refractivity contribution in [1.29, 1.82) is 0 Å². The Hall–Kier alpha value is -3.16. The summed E-state index contributed by atoms with van der Waals surface area (Å²) in [4.78, 5) is 16.1. The Morgan fingerprint density at radius 1 is 1.12 bits per heavy atom. The lowest BCUT2D eigenvalue weighted by molar-refractivity contribution is 0.0697. The summed E-state index contributed by atoms with van der Waals surface area (Å²) < 4.78 is 0. The molecule has 0 atom stereocenters. The molecule has 25 heavy (non-hydrogen) atoms. The number of carboxylic acids is 1. The van der Waals surface area contributed by atoms with Crippen LogP contribution in [0.3, 0.4) is 0 Å². The average Bonchev–Trinajstić information content (AvgIpc) is 2.64. The van der Waals surface area contributed by atoms with Gasteiger partial charge in [-0.05, 0) is 30.7 Å². The highest BCUT2D eigenvalue weighted by molar-refractivity contribution is 5.99. The summed E-state index contributed by atoms with van der Waals surface area (Å²) in [6.45, 7) is 0.0886. The van der Waals surface area contributed by atoms with Crippen molar-refractivity contribution in [3.8, 4) is 23.0 Å². The quantitative estimate of drug-likeness (QED) is 0.564. The van der Waals surface area contributed by atoms with Gasteiger partial charge >= 0.3 is 5.97 Å². The molecule has 4 heteroatoms. The lowest BCUT2D eigenvalue weighted by atomic mass is 9.94. The van der Waals surface area contributed by atoms with Gasteiger partial charge in [-0.15, -0.1) is 0 Å². The highest BCUT2D eigenvalue weighted by Gasteiger charge is 2.15. The molecular formula is C21H17NO3. The summed E-state index contributed by atoms with van der Waals surface area (Å²) in [6.07, 6.45) is 2.84. The molecule has 1 heterocycles. The molecule has 0 amide bonds. The highest BCUT2D eigenvalue weighted by Crippen LogP contribution is 2.29. The SMILES string of the molecule is O=C(O)c1cccc(C#CCCCO)c1-c1cnc2ccccc2c1. The zero-order valence-electron chi connectivity index (χ0n) is 13.6. The largest absolute Gasteiger partial charge is 0.478 e. The third-order valence-electron chi connectivity index (χ3n) is 3.86. The molecule has 0 saturated heterocycles. The monoisotopic (exact) mass is 331 g/mol. The van der Waals surface area contributed by atoms with E-state index in [9.17, 15) is 9.90 Å². The number of benzene rings is 2. The summed E-state index contributed by atoms with van der Waals surface area (Å²) in [6, 6.07) is 14.7. The second-order valence-electron chi connectivity index (χ2n) is 5.58. The van der Waals surface area contributed by atoms with E-state index in [1.54, 1.807) is 18.3 Å². The van der Waals surface area contributed by atoms with Crippen molar-refractivity contribution in [2.75, 3.05) is 6.61 Å². The van der Waals surface area contributed by atoms with Crippen LogP contribution in [0.15, 0.2) is 54.7 Å². The van der Waals surface area contributed by atoms with Gasteiger partial charge in [0.1, 0.15) is 0 Å². The van der Waals surface area contributed by atoms with Crippen molar-refractivity contribution in [3.63, 3.8) is 0 Å². The summed E-state index contributed by atoms with van der Waals surface area (Å²) in [5, 5.41) is 19.4. The number of aliphatic hydroxyl groups excluding tert-OH is 1. The number of hydrogen-bond acceptors (Lipinski definition) is 3. The van der Waals surface area contributed by atoms with Crippen molar-refractivity contribution in [1.82, 2.24) is 4.98 Å². The molecule has 2 aromatic carbocycles. The molecule has 1 aromatic heterocycles. The third-order valence-corrected chi connectivity index (χ3v) is 3.86. The Labute approximate surface area is 145 Å². The maximum absolute atomic E-state index is 11.7. The number of hydrogen-bond donors (Lipinski definition) is 2. The predicted octanol–water partition coefficient (Wildman–Crippen LogP) is 3.72. The number of aromatic nitrogens is 1. The molecule has 0 aliphatic carbocycles. The fraction of sp³-hybridized carbons (Fsp3) is 0.143. The molecule has 0 bridgehead atoms. The fourth-order valence-electron chi connectivity index (χ4n) is 2.68. The van der Waals surface area contributed by atoms with Crippen LogP contribution < -0.4 is 0 Å². The molecule has 0 radical (unpaired) electrons. The molecular weight excluding hydrogens is 314 g/mol. The number of carboxylic acid groups (broad SMARTS) is 1. The van der Waals surface area contributed by atoms with Gasteiger partial charge in [-0.3, -0.25) is 4.98 Å². The second-order valence-corrected chi connectivity index (χ2v) is 5.58. The predicted molar refractivity (Wildman–Crippen MR) is 97.3 cm³/mol. The standard InChI is InChI=1S/C21H17NO3/c23-12-5-1-2-7-15-9-6-10-18(21(24)25)20(15)17-13-16-8-3-4-11-19(16)22-14-17/h3-4,6,8-11,13-14,23H,1,5,12H2,(H,24,25). The lowest BCUT2D eigenvalue weighted by Gasteiger charge is -2.10. The van der Waals surface area contributed by atoms with Crippen LogP contribution >= 0.6 is 0 Å². The van der Waals surface area contributed by atoms with E-state index in [-0.39, 0.29) is 12.2 Å². The van der Waals surface area contributed by atoms with Crippen molar-refractivity contribution in [3.05, 3.63) is 65.9 Å². The zero-order chi connectivity index (χ0) is 17.6. The van der Waals surface area contributed by atoms with Crippen LogP contribution in [0.5, 0.6) is 0 Å². The average molecular weight is 331 g/mol. The normalized spacial score (nSPS) is 10.3. The van der Waals surface area contributed by atoms with Crippen molar-refractivity contribution >= 4 is 16.9 Å². The number of fused-ring (bicyclic) bond motifs is 1. The summed E-state index contributed by atoms with van der Waals surface area (Å²) in [5.41, 5.74) is 3.00. The van der Waals surface area contributed by atoms with Crippen molar-refractivity contribution in [2.24, 2.45) is 0 Å². The van der Waals surface area contributed by atoms with Crippen molar-refractivity contribution in [2.45, 2.75) is 12.8 Å². The fourth-order valence-corrected chi connectivity index (χ4v) is 2.68. The molecule has 2 N–H and O–H groups in total. The number of aliphatic hydroxyl groups is 1. The van der Waals surface area contributed by atoms with Gasteiger partial charge in [-0.2, -0.15) is 0 Å². The first-order valence-electron chi connectivity index (χ1n) is 8.02. The molecule has 3 rings (SSSR count). The van der Waals surface area contributed by atoms with Crippen LogP contribution in [-0.4, -0.2) is 27.8 Å². The van der Waals surface area contributed by atoms with Crippen molar-refractivity contribution < 1.29 is 15.0 Å². The summed E-state index contributed by atoms with van der Waals surface area (Å²) in [7, 11) is 0. The number of para-hydroxylation sites is 1. The minimum atomic E-state index is -0.998. The number of unbranched alkanes of at least 4 members (excludes halogenated alkanes) is 1. The van der Waals surface area contributed by atoms with E-state index in [2.05, 4.69) is 16.8 Å². The Balaban J connectivity index is 2.16. The number of carbonyl (C=O) groups is 1. The third kappa shape index (κ3) is 3.68. The number of aromatic carboxylic acids is 1. The Bertz CT molecular complexity index is 983. The topological polar surface area (TPSA) is 70.4 Å². The van der Waals surface area contributed by atoms with Crippen LogP contribution in [0.2, 0.25) is 0 Å². The second kappa shape index (κ2) is 7.61. The van der Waals surface area contributed by atoms with Crippen LogP contribution in [0.1, 0.15) is 28.8 Å². The van der Waals surface area contributed by atoms with Gasteiger partial charge in [0.25, 0.3) is 0 Å². The minimum Gasteiger partial charge on any atom is -0.478 e. The summed E-state index contributed by atoms with van der Waals surface area (Å²) in [5.74, 6) is 5.03. The molecule has 0 fully saturated rings. The lowest BCUT2D eigenvalue weighted by Crippen LogP contribution is -2.02. The number of nitrogens with zero attached hydrogens (tertiary/aromatic N) is 1. The first-order chi connectivity index (χ1) is 12.2. The number of rotatable bonds is 4. The maximum atomic E-state index is 11.7. The van der Waals surface area contributed by atoms with E-state index in [0.29, 0.717) is 24.0 Å². The molecule has 124 valence electrons. The first-order valence-corrected chi connectivity index (χ1v) is 8.02. The molecule has 3 aromatic rings. The van der Waals surface area contributed by atoms with Gasteiger partial charge in [0.15, 0.2) is 0 Å². The molecule has 0 aliphatic rings. The van der Waals surface area contributed by atoms with E-state index < -0.39 is 5.97 Å². The van der Waals surface area contributed by atoms with E-state index in [4.69, 9.17) is 5.11 Å². The molecule has 0 unspecified atom stereocenters.